The zero-order chi connectivity index (χ0) is 11.2. The molecule has 0 saturated carbocycles. The SMILES string of the molecule is N=C1Nc2cc(F)ccc2C12CCNCC2. The molecule has 1 fully saturated rings. The third-order valence-electron chi connectivity index (χ3n) is 3.69. The minimum atomic E-state index is -0.245. The number of piperidine rings is 1. The van der Waals surface area contributed by atoms with E-state index in [1.807, 2.05) is 6.07 Å². The second-order valence-corrected chi connectivity index (χ2v) is 4.52. The van der Waals surface area contributed by atoms with Gasteiger partial charge in [-0.3, -0.25) is 5.41 Å². The Kier molecular flexibility index (Phi) is 2.01. The summed E-state index contributed by atoms with van der Waals surface area (Å²) < 4.78 is 13.1. The van der Waals surface area contributed by atoms with Gasteiger partial charge in [0.15, 0.2) is 0 Å². The van der Waals surface area contributed by atoms with E-state index in [2.05, 4.69) is 10.6 Å². The lowest BCUT2D eigenvalue weighted by Gasteiger charge is -2.33. The Bertz CT molecular complexity index is 450. The van der Waals surface area contributed by atoms with E-state index in [1.54, 1.807) is 0 Å². The summed E-state index contributed by atoms with van der Waals surface area (Å²) in [7, 11) is 0. The molecule has 3 nitrogen and oxygen atoms in total. The Labute approximate surface area is 93.6 Å². The molecule has 4 heteroatoms. The van der Waals surface area contributed by atoms with Crippen molar-refractivity contribution in [3.8, 4) is 0 Å². The summed E-state index contributed by atoms with van der Waals surface area (Å²) in [6, 6.07) is 4.80. The first kappa shape index (κ1) is 9.78. The van der Waals surface area contributed by atoms with E-state index >= 15 is 0 Å². The van der Waals surface area contributed by atoms with Crippen LogP contribution in [0.5, 0.6) is 0 Å². The molecule has 0 radical (unpaired) electrons. The highest BCUT2D eigenvalue weighted by Gasteiger charge is 2.44. The third-order valence-corrected chi connectivity index (χ3v) is 3.69. The standard InChI is InChI=1S/C12H14FN3/c13-8-1-2-9-10(7-8)16-11(14)12(9)3-5-15-6-4-12/h1-2,7,15H,3-6H2,(H2,14,16). The van der Waals surface area contributed by atoms with Gasteiger partial charge in [-0.25, -0.2) is 4.39 Å². The van der Waals surface area contributed by atoms with Gasteiger partial charge in [-0.15, -0.1) is 0 Å². The molecule has 2 aliphatic heterocycles. The van der Waals surface area contributed by atoms with Crippen LogP contribution in [0.15, 0.2) is 18.2 Å². The van der Waals surface area contributed by atoms with Gasteiger partial charge in [0.1, 0.15) is 11.7 Å². The number of anilines is 1. The number of nitrogens with one attached hydrogen (secondary N) is 3. The molecule has 0 bridgehead atoms. The number of fused-ring (bicyclic) bond motifs is 2. The molecule has 3 N–H and O–H groups in total. The maximum atomic E-state index is 13.1. The molecule has 0 aliphatic carbocycles. The van der Waals surface area contributed by atoms with Crippen LogP contribution < -0.4 is 10.6 Å². The van der Waals surface area contributed by atoms with Crippen molar-refractivity contribution in [2.24, 2.45) is 0 Å². The molecule has 0 amide bonds. The molecule has 2 heterocycles. The predicted molar refractivity (Wildman–Crippen MR) is 61.5 cm³/mol. The van der Waals surface area contributed by atoms with Gasteiger partial charge in [-0.1, -0.05) is 6.07 Å². The third kappa shape index (κ3) is 1.19. The van der Waals surface area contributed by atoms with Crippen LogP contribution in [0.4, 0.5) is 10.1 Å². The summed E-state index contributed by atoms with van der Waals surface area (Å²) in [6.07, 6.45) is 1.83. The zero-order valence-corrected chi connectivity index (χ0v) is 8.94. The second-order valence-electron chi connectivity index (χ2n) is 4.52. The van der Waals surface area contributed by atoms with Gasteiger partial charge < -0.3 is 10.6 Å². The normalized spacial score (nSPS) is 21.9. The minimum absolute atomic E-state index is 0.200. The first-order valence-corrected chi connectivity index (χ1v) is 5.59. The second kappa shape index (κ2) is 3.28. The molecule has 2 aliphatic rings. The van der Waals surface area contributed by atoms with E-state index in [4.69, 9.17) is 5.41 Å². The molecule has 3 rings (SSSR count). The molecule has 1 aromatic carbocycles. The van der Waals surface area contributed by atoms with Crippen LogP contribution in [0.2, 0.25) is 0 Å². The van der Waals surface area contributed by atoms with Crippen LogP contribution in [-0.2, 0) is 5.41 Å². The van der Waals surface area contributed by atoms with Crippen LogP contribution >= 0.6 is 0 Å². The first-order chi connectivity index (χ1) is 7.72. The Morgan fingerprint density at radius 2 is 2.00 bits per heavy atom. The Morgan fingerprint density at radius 1 is 1.25 bits per heavy atom. The van der Waals surface area contributed by atoms with Crippen molar-refractivity contribution in [3.05, 3.63) is 29.6 Å². The van der Waals surface area contributed by atoms with Crippen LogP contribution in [-0.4, -0.2) is 18.9 Å². The number of amidine groups is 1. The summed E-state index contributed by atoms with van der Waals surface area (Å²) in [5.74, 6) is 0.277. The van der Waals surface area contributed by atoms with E-state index in [0.717, 1.165) is 37.2 Å². The summed E-state index contributed by atoms with van der Waals surface area (Å²) in [4.78, 5) is 0. The number of halogens is 1. The molecule has 0 unspecified atom stereocenters. The highest BCUT2D eigenvalue weighted by Crippen LogP contribution is 2.43. The molecule has 0 atom stereocenters. The van der Waals surface area contributed by atoms with Crippen molar-refractivity contribution in [3.63, 3.8) is 0 Å². The van der Waals surface area contributed by atoms with E-state index < -0.39 is 0 Å². The van der Waals surface area contributed by atoms with E-state index in [1.165, 1.54) is 12.1 Å². The van der Waals surface area contributed by atoms with Gasteiger partial charge in [0.05, 0.1) is 5.41 Å². The number of rotatable bonds is 0. The quantitative estimate of drug-likeness (QED) is 0.623. The molecular weight excluding hydrogens is 205 g/mol. The van der Waals surface area contributed by atoms with Gasteiger partial charge in [-0.05, 0) is 43.6 Å². The van der Waals surface area contributed by atoms with Crippen LogP contribution in [0.25, 0.3) is 0 Å². The number of hydrogen-bond acceptors (Lipinski definition) is 2. The zero-order valence-electron chi connectivity index (χ0n) is 8.94. The summed E-state index contributed by atoms with van der Waals surface area (Å²) >= 11 is 0. The van der Waals surface area contributed by atoms with Gasteiger partial charge >= 0.3 is 0 Å². The van der Waals surface area contributed by atoms with Crippen molar-refractivity contribution in [1.29, 1.82) is 5.41 Å². The Morgan fingerprint density at radius 3 is 2.75 bits per heavy atom. The molecule has 1 saturated heterocycles. The maximum Gasteiger partial charge on any atom is 0.125 e. The van der Waals surface area contributed by atoms with Crippen molar-refractivity contribution in [2.45, 2.75) is 18.3 Å². The van der Waals surface area contributed by atoms with E-state index in [9.17, 15) is 4.39 Å². The highest BCUT2D eigenvalue weighted by molar-refractivity contribution is 6.08. The van der Waals surface area contributed by atoms with Gasteiger partial charge in [0.2, 0.25) is 0 Å². The lowest BCUT2D eigenvalue weighted by Crippen LogP contribution is -2.44. The fourth-order valence-corrected chi connectivity index (χ4v) is 2.80. The first-order valence-electron chi connectivity index (χ1n) is 5.59. The largest absolute Gasteiger partial charge is 0.343 e. The maximum absolute atomic E-state index is 13.1. The summed E-state index contributed by atoms with van der Waals surface area (Å²) in [6.45, 7) is 1.84. The topological polar surface area (TPSA) is 47.9 Å². The van der Waals surface area contributed by atoms with Gasteiger partial charge in [0, 0.05) is 5.69 Å². The van der Waals surface area contributed by atoms with Crippen molar-refractivity contribution in [1.82, 2.24) is 5.32 Å². The van der Waals surface area contributed by atoms with Gasteiger partial charge in [-0.2, -0.15) is 0 Å². The molecule has 1 aromatic rings. The van der Waals surface area contributed by atoms with Crippen LogP contribution in [0.1, 0.15) is 18.4 Å². The lowest BCUT2D eigenvalue weighted by atomic mass is 9.74. The predicted octanol–water partition coefficient (Wildman–Crippen LogP) is 1.85. The molecule has 84 valence electrons. The minimum Gasteiger partial charge on any atom is -0.343 e. The summed E-state index contributed by atoms with van der Waals surface area (Å²) in [5, 5.41) is 14.4. The molecule has 16 heavy (non-hydrogen) atoms. The van der Waals surface area contributed by atoms with Gasteiger partial charge in [0.25, 0.3) is 0 Å². The average Bonchev–Trinajstić information content (AvgIpc) is 2.53. The lowest BCUT2D eigenvalue weighted by molar-refractivity contribution is 0.401. The summed E-state index contributed by atoms with van der Waals surface area (Å²) in [5.41, 5.74) is 1.65. The fourth-order valence-electron chi connectivity index (χ4n) is 2.80. The monoisotopic (exact) mass is 219 g/mol. The number of hydrogen-bond donors (Lipinski definition) is 3. The fraction of sp³-hybridized carbons (Fsp3) is 0.417. The average molecular weight is 219 g/mol. The molecule has 1 spiro atoms. The van der Waals surface area contributed by atoms with Crippen molar-refractivity contribution < 1.29 is 4.39 Å². The van der Waals surface area contributed by atoms with Crippen molar-refractivity contribution >= 4 is 11.5 Å². The molecule has 0 aromatic heterocycles. The van der Waals surface area contributed by atoms with Crippen molar-refractivity contribution in [2.75, 3.05) is 18.4 Å². The van der Waals surface area contributed by atoms with Crippen LogP contribution in [0.3, 0.4) is 0 Å². The highest BCUT2D eigenvalue weighted by atomic mass is 19.1. The van der Waals surface area contributed by atoms with Crippen LogP contribution in [0, 0.1) is 11.2 Å². The Hall–Kier alpha value is -1.42. The molecular formula is C12H14FN3. The van der Waals surface area contributed by atoms with E-state index in [-0.39, 0.29) is 11.2 Å². The Balaban J connectivity index is 2.11. The number of benzene rings is 1. The smallest absolute Gasteiger partial charge is 0.125 e. The van der Waals surface area contributed by atoms with E-state index in [0.29, 0.717) is 5.84 Å².